The molecular weight excluding hydrogens is 276 g/mol. The van der Waals surface area contributed by atoms with Gasteiger partial charge in [0.05, 0.1) is 0 Å². The van der Waals surface area contributed by atoms with Crippen LogP contribution < -0.4 is 10.6 Å². The molecule has 17 heavy (non-hydrogen) atoms. The van der Waals surface area contributed by atoms with Gasteiger partial charge in [0.1, 0.15) is 0 Å². The van der Waals surface area contributed by atoms with E-state index in [9.17, 15) is 0 Å². The smallest absolute Gasteiger partial charge is 0.0292 e. The Morgan fingerprint density at radius 3 is 2.53 bits per heavy atom. The molecule has 0 unspecified atom stereocenters. The Bertz CT molecular complexity index is 344. The van der Waals surface area contributed by atoms with Crippen LogP contribution in [-0.2, 0) is 0 Å². The highest BCUT2D eigenvalue weighted by molar-refractivity contribution is 9.10. The first-order valence-corrected chi connectivity index (χ1v) is 6.92. The number of nitrogens with one attached hydrogen (secondary N) is 2. The number of halogens is 1. The predicted octanol–water partition coefficient (Wildman–Crippen LogP) is 3.49. The molecule has 3 heteroatoms. The van der Waals surface area contributed by atoms with Crippen molar-refractivity contribution in [3.8, 4) is 0 Å². The standard InChI is InChI=1S/C14H23BrN2/c1-11(12-6-5-7-13(15)10-12)16-8-9-17-14(2,3)4/h5-7,10-11,16-17H,8-9H2,1-4H3/t11-/m1/s1. The van der Waals surface area contributed by atoms with Gasteiger partial charge >= 0.3 is 0 Å². The summed E-state index contributed by atoms with van der Waals surface area (Å²) in [5.41, 5.74) is 1.51. The van der Waals surface area contributed by atoms with Crippen LogP contribution >= 0.6 is 15.9 Å². The lowest BCUT2D eigenvalue weighted by atomic mass is 10.1. The molecule has 1 aromatic rings. The molecule has 0 saturated heterocycles. The Kier molecular flexibility index (Phi) is 5.63. The van der Waals surface area contributed by atoms with E-state index in [0.29, 0.717) is 6.04 Å². The van der Waals surface area contributed by atoms with Crippen LogP contribution in [0.4, 0.5) is 0 Å². The second kappa shape index (κ2) is 6.53. The minimum atomic E-state index is 0.195. The van der Waals surface area contributed by atoms with E-state index in [2.05, 4.69) is 78.5 Å². The SMILES string of the molecule is C[C@@H](NCCNC(C)(C)C)c1cccc(Br)c1. The van der Waals surface area contributed by atoms with E-state index in [0.717, 1.165) is 17.6 Å². The summed E-state index contributed by atoms with van der Waals surface area (Å²) in [7, 11) is 0. The molecule has 1 atom stereocenters. The van der Waals surface area contributed by atoms with Gasteiger partial charge in [-0.25, -0.2) is 0 Å². The lowest BCUT2D eigenvalue weighted by molar-refractivity contribution is 0.414. The molecular formula is C14H23BrN2. The van der Waals surface area contributed by atoms with Gasteiger partial charge in [0.15, 0.2) is 0 Å². The molecule has 0 fully saturated rings. The van der Waals surface area contributed by atoms with Crippen molar-refractivity contribution < 1.29 is 0 Å². The monoisotopic (exact) mass is 298 g/mol. The minimum absolute atomic E-state index is 0.195. The van der Waals surface area contributed by atoms with Crippen LogP contribution in [0.15, 0.2) is 28.7 Å². The maximum atomic E-state index is 3.52. The normalized spacial score (nSPS) is 13.7. The van der Waals surface area contributed by atoms with Crippen LogP contribution in [0.3, 0.4) is 0 Å². The summed E-state index contributed by atoms with van der Waals surface area (Å²) in [4.78, 5) is 0. The molecule has 0 aliphatic carbocycles. The second-order valence-corrected chi connectivity index (χ2v) is 6.32. The van der Waals surface area contributed by atoms with E-state index in [1.807, 2.05) is 0 Å². The van der Waals surface area contributed by atoms with Crippen molar-refractivity contribution >= 4 is 15.9 Å². The average molecular weight is 299 g/mol. The highest BCUT2D eigenvalue weighted by atomic mass is 79.9. The molecule has 0 aliphatic heterocycles. The Labute approximate surface area is 113 Å². The first-order valence-electron chi connectivity index (χ1n) is 6.12. The number of hydrogen-bond donors (Lipinski definition) is 2. The van der Waals surface area contributed by atoms with E-state index in [-0.39, 0.29) is 5.54 Å². The van der Waals surface area contributed by atoms with Gasteiger partial charge in [-0.05, 0) is 45.4 Å². The van der Waals surface area contributed by atoms with Gasteiger partial charge in [0.25, 0.3) is 0 Å². The van der Waals surface area contributed by atoms with Crippen molar-refractivity contribution in [2.75, 3.05) is 13.1 Å². The summed E-state index contributed by atoms with van der Waals surface area (Å²) in [5, 5.41) is 6.98. The van der Waals surface area contributed by atoms with Crippen molar-refractivity contribution in [3.05, 3.63) is 34.3 Å². The maximum absolute atomic E-state index is 3.52. The molecule has 0 bridgehead atoms. The van der Waals surface area contributed by atoms with Gasteiger partial charge < -0.3 is 10.6 Å². The van der Waals surface area contributed by atoms with Gasteiger partial charge in [-0.2, -0.15) is 0 Å². The van der Waals surface area contributed by atoms with Crippen LogP contribution in [0.25, 0.3) is 0 Å². The summed E-state index contributed by atoms with van der Waals surface area (Å²) in [6, 6.07) is 8.82. The van der Waals surface area contributed by atoms with E-state index in [1.54, 1.807) is 0 Å². The first kappa shape index (κ1) is 14.7. The molecule has 0 saturated carbocycles. The Balaban J connectivity index is 2.33. The number of benzene rings is 1. The fraction of sp³-hybridized carbons (Fsp3) is 0.571. The highest BCUT2D eigenvalue weighted by Crippen LogP contribution is 2.17. The fourth-order valence-corrected chi connectivity index (χ4v) is 2.04. The molecule has 0 aromatic heterocycles. The summed E-state index contributed by atoms with van der Waals surface area (Å²) in [6.45, 7) is 10.7. The molecule has 1 aromatic carbocycles. The third-order valence-corrected chi connectivity index (χ3v) is 3.07. The molecule has 0 heterocycles. The van der Waals surface area contributed by atoms with Crippen molar-refractivity contribution in [1.82, 2.24) is 10.6 Å². The first-order chi connectivity index (χ1) is 7.88. The molecule has 0 radical (unpaired) electrons. The molecule has 0 aliphatic rings. The van der Waals surface area contributed by atoms with E-state index in [4.69, 9.17) is 0 Å². The zero-order chi connectivity index (χ0) is 12.9. The van der Waals surface area contributed by atoms with Crippen LogP contribution in [0.1, 0.15) is 39.3 Å². The average Bonchev–Trinajstić information content (AvgIpc) is 2.23. The van der Waals surface area contributed by atoms with Crippen LogP contribution in [0.5, 0.6) is 0 Å². The Morgan fingerprint density at radius 1 is 1.24 bits per heavy atom. The Morgan fingerprint density at radius 2 is 1.94 bits per heavy atom. The van der Waals surface area contributed by atoms with E-state index in [1.165, 1.54) is 5.56 Å². The third kappa shape index (κ3) is 6.20. The predicted molar refractivity (Wildman–Crippen MR) is 78.3 cm³/mol. The van der Waals surface area contributed by atoms with Crippen molar-refractivity contribution in [1.29, 1.82) is 0 Å². The number of rotatable bonds is 5. The van der Waals surface area contributed by atoms with Crippen LogP contribution in [0, 0.1) is 0 Å². The maximum Gasteiger partial charge on any atom is 0.0292 e. The van der Waals surface area contributed by atoms with Crippen molar-refractivity contribution in [3.63, 3.8) is 0 Å². The summed E-state index contributed by atoms with van der Waals surface area (Å²) in [5.74, 6) is 0. The van der Waals surface area contributed by atoms with Gasteiger partial charge in [-0.15, -0.1) is 0 Å². The molecule has 2 N–H and O–H groups in total. The highest BCUT2D eigenvalue weighted by Gasteiger charge is 2.08. The van der Waals surface area contributed by atoms with Gasteiger partial charge in [-0.3, -0.25) is 0 Å². The number of hydrogen-bond acceptors (Lipinski definition) is 2. The zero-order valence-corrected chi connectivity index (χ0v) is 12.8. The van der Waals surface area contributed by atoms with E-state index < -0.39 is 0 Å². The van der Waals surface area contributed by atoms with Gasteiger partial charge in [0.2, 0.25) is 0 Å². The summed E-state index contributed by atoms with van der Waals surface area (Å²) >= 11 is 3.50. The lowest BCUT2D eigenvalue weighted by Gasteiger charge is -2.22. The summed E-state index contributed by atoms with van der Waals surface area (Å²) < 4.78 is 1.14. The van der Waals surface area contributed by atoms with Crippen LogP contribution in [0.2, 0.25) is 0 Å². The van der Waals surface area contributed by atoms with E-state index >= 15 is 0 Å². The fourth-order valence-electron chi connectivity index (χ4n) is 1.62. The Hall–Kier alpha value is -0.380. The molecule has 96 valence electrons. The summed E-state index contributed by atoms with van der Waals surface area (Å²) in [6.07, 6.45) is 0. The molecule has 0 spiro atoms. The third-order valence-electron chi connectivity index (χ3n) is 2.58. The molecule has 2 nitrogen and oxygen atoms in total. The van der Waals surface area contributed by atoms with Gasteiger partial charge in [-0.1, -0.05) is 28.1 Å². The lowest BCUT2D eigenvalue weighted by Crippen LogP contribution is -2.40. The quantitative estimate of drug-likeness (QED) is 0.813. The van der Waals surface area contributed by atoms with Crippen molar-refractivity contribution in [2.45, 2.75) is 39.3 Å². The van der Waals surface area contributed by atoms with Gasteiger partial charge in [0, 0.05) is 29.1 Å². The van der Waals surface area contributed by atoms with Crippen molar-refractivity contribution in [2.24, 2.45) is 0 Å². The second-order valence-electron chi connectivity index (χ2n) is 5.41. The van der Waals surface area contributed by atoms with Crippen LogP contribution in [-0.4, -0.2) is 18.6 Å². The molecule has 1 rings (SSSR count). The topological polar surface area (TPSA) is 24.1 Å². The minimum Gasteiger partial charge on any atom is -0.311 e. The zero-order valence-electron chi connectivity index (χ0n) is 11.2. The largest absolute Gasteiger partial charge is 0.311 e. The molecule has 0 amide bonds.